The van der Waals surface area contributed by atoms with Crippen molar-refractivity contribution in [1.82, 2.24) is 4.98 Å². The fraction of sp³-hybridized carbons (Fsp3) is 0.278. The van der Waals surface area contributed by atoms with Crippen LogP contribution in [0.15, 0.2) is 42.6 Å². The van der Waals surface area contributed by atoms with Crippen LogP contribution in [-0.4, -0.2) is 11.6 Å². The van der Waals surface area contributed by atoms with Gasteiger partial charge >= 0.3 is 6.18 Å². The number of allylic oxidation sites excluding steroid dienone is 1. The number of aromatic nitrogens is 1. The van der Waals surface area contributed by atoms with E-state index in [1.54, 1.807) is 12.1 Å². The Morgan fingerprint density at radius 2 is 2.12 bits per heavy atom. The van der Waals surface area contributed by atoms with Crippen LogP contribution in [0.3, 0.4) is 0 Å². The van der Waals surface area contributed by atoms with E-state index in [2.05, 4.69) is 4.98 Å². The van der Waals surface area contributed by atoms with Crippen LogP contribution in [0.2, 0.25) is 5.15 Å². The molecule has 0 bridgehead atoms. The van der Waals surface area contributed by atoms with E-state index >= 15 is 0 Å². The lowest BCUT2D eigenvalue weighted by Gasteiger charge is -2.25. The molecule has 3 rings (SSSR count). The lowest BCUT2D eigenvalue weighted by molar-refractivity contribution is -0.137. The number of pyridine rings is 1. The SMILES string of the molecule is NC=CCC1CCOc2cc(Oc3ccc(C(F)(F)F)c(Cl)n3)ccc21. The number of ether oxygens (including phenoxy) is 2. The van der Waals surface area contributed by atoms with E-state index in [0.717, 1.165) is 30.5 Å². The zero-order chi connectivity index (χ0) is 18.7. The third kappa shape index (κ3) is 4.04. The van der Waals surface area contributed by atoms with Crippen molar-refractivity contribution < 1.29 is 22.6 Å². The van der Waals surface area contributed by atoms with E-state index < -0.39 is 16.9 Å². The van der Waals surface area contributed by atoms with Gasteiger partial charge in [-0.25, -0.2) is 4.98 Å². The van der Waals surface area contributed by atoms with E-state index in [0.29, 0.717) is 24.0 Å². The van der Waals surface area contributed by atoms with Crippen molar-refractivity contribution in [2.45, 2.75) is 24.9 Å². The molecular formula is C18H16ClF3N2O2. The summed E-state index contributed by atoms with van der Waals surface area (Å²) in [4.78, 5) is 3.66. The van der Waals surface area contributed by atoms with Gasteiger partial charge in [0.1, 0.15) is 16.7 Å². The van der Waals surface area contributed by atoms with Gasteiger partial charge < -0.3 is 15.2 Å². The number of hydrogen-bond donors (Lipinski definition) is 1. The van der Waals surface area contributed by atoms with Gasteiger partial charge in [-0.2, -0.15) is 13.2 Å². The van der Waals surface area contributed by atoms with E-state index in [-0.39, 0.29) is 5.88 Å². The molecule has 26 heavy (non-hydrogen) atoms. The Kier molecular flexibility index (Phi) is 5.27. The third-order valence-electron chi connectivity index (χ3n) is 4.06. The van der Waals surface area contributed by atoms with Crippen molar-refractivity contribution >= 4 is 11.6 Å². The molecule has 2 heterocycles. The minimum absolute atomic E-state index is 0.0265. The van der Waals surface area contributed by atoms with Gasteiger partial charge in [-0.3, -0.25) is 0 Å². The van der Waals surface area contributed by atoms with Crippen LogP contribution in [0.1, 0.15) is 29.9 Å². The number of fused-ring (bicyclic) bond motifs is 1. The van der Waals surface area contributed by atoms with E-state index in [4.69, 9.17) is 26.8 Å². The van der Waals surface area contributed by atoms with E-state index in [1.165, 1.54) is 6.20 Å². The molecule has 1 unspecified atom stereocenters. The molecule has 1 aliphatic rings. The summed E-state index contributed by atoms with van der Waals surface area (Å²) >= 11 is 5.61. The number of rotatable bonds is 4. The zero-order valence-corrected chi connectivity index (χ0v) is 14.3. The highest BCUT2D eigenvalue weighted by Gasteiger charge is 2.34. The summed E-state index contributed by atoms with van der Waals surface area (Å²) in [6.07, 6.45) is 0.553. The van der Waals surface area contributed by atoms with Crippen molar-refractivity contribution in [2.24, 2.45) is 5.73 Å². The Hall–Kier alpha value is -2.41. The Morgan fingerprint density at radius 1 is 1.31 bits per heavy atom. The molecule has 0 saturated heterocycles. The fourth-order valence-corrected chi connectivity index (χ4v) is 3.05. The van der Waals surface area contributed by atoms with Gasteiger partial charge in [0, 0.05) is 12.1 Å². The standard InChI is InChI=1S/C18H16ClF3N2O2/c19-17-14(18(20,21)22)5-6-16(24-17)26-12-3-4-13-11(2-1-8-23)7-9-25-15(13)10-12/h1,3-6,8,10-11H,2,7,9,23H2. The predicted octanol–water partition coefficient (Wildman–Crippen LogP) is 5.27. The smallest absolute Gasteiger partial charge is 0.419 e. The first-order chi connectivity index (χ1) is 12.4. The Balaban J connectivity index is 1.80. The summed E-state index contributed by atoms with van der Waals surface area (Å²) in [5.41, 5.74) is 5.44. The first-order valence-corrected chi connectivity index (χ1v) is 8.31. The second-order valence-electron chi connectivity index (χ2n) is 5.79. The fourth-order valence-electron chi connectivity index (χ4n) is 2.80. The van der Waals surface area contributed by atoms with E-state index in [9.17, 15) is 13.2 Å². The molecule has 0 fully saturated rings. The van der Waals surface area contributed by atoms with Gasteiger partial charge in [0.2, 0.25) is 5.88 Å². The summed E-state index contributed by atoms with van der Waals surface area (Å²) in [5.74, 6) is 1.36. The Bertz CT molecular complexity index is 825. The van der Waals surface area contributed by atoms with Crippen molar-refractivity contribution in [3.63, 3.8) is 0 Å². The molecule has 1 aromatic heterocycles. The van der Waals surface area contributed by atoms with Gasteiger partial charge in [0.25, 0.3) is 0 Å². The maximum atomic E-state index is 12.7. The topological polar surface area (TPSA) is 57.4 Å². The van der Waals surface area contributed by atoms with Gasteiger partial charge in [-0.05, 0) is 42.7 Å². The predicted molar refractivity (Wildman–Crippen MR) is 91.6 cm³/mol. The second-order valence-corrected chi connectivity index (χ2v) is 6.14. The summed E-state index contributed by atoms with van der Waals surface area (Å²) in [6, 6.07) is 7.27. The Morgan fingerprint density at radius 3 is 2.81 bits per heavy atom. The zero-order valence-electron chi connectivity index (χ0n) is 13.6. The number of nitrogens with zero attached hydrogens (tertiary/aromatic N) is 1. The van der Waals surface area contributed by atoms with Crippen LogP contribution < -0.4 is 15.2 Å². The largest absolute Gasteiger partial charge is 0.493 e. The molecule has 0 radical (unpaired) electrons. The van der Waals surface area contributed by atoms with Gasteiger partial charge in [0.05, 0.1) is 12.2 Å². The third-order valence-corrected chi connectivity index (χ3v) is 4.34. The number of hydrogen-bond acceptors (Lipinski definition) is 4. The number of halogens is 4. The van der Waals surface area contributed by atoms with Crippen molar-refractivity contribution in [3.8, 4) is 17.4 Å². The highest BCUT2D eigenvalue weighted by molar-refractivity contribution is 6.30. The normalized spacial score (nSPS) is 17.0. The molecule has 8 heteroatoms. The molecule has 2 aromatic rings. The molecule has 1 atom stereocenters. The molecule has 1 aliphatic heterocycles. The molecule has 4 nitrogen and oxygen atoms in total. The minimum Gasteiger partial charge on any atom is -0.493 e. The van der Waals surface area contributed by atoms with Gasteiger partial charge in [-0.15, -0.1) is 0 Å². The van der Waals surface area contributed by atoms with Crippen LogP contribution in [0.25, 0.3) is 0 Å². The summed E-state index contributed by atoms with van der Waals surface area (Å²) < 4.78 is 49.4. The van der Waals surface area contributed by atoms with Crippen molar-refractivity contribution in [2.75, 3.05) is 6.61 Å². The molecule has 138 valence electrons. The van der Waals surface area contributed by atoms with E-state index in [1.807, 2.05) is 12.1 Å². The summed E-state index contributed by atoms with van der Waals surface area (Å²) in [7, 11) is 0. The lowest BCUT2D eigenvalue weighted by Crippen LogP contribution is -2.14. The van der Waals surface area contributed by atoms with Gasteiger partial charge in [-0.1, -0.05) is 23.7 Å². The Labute approximate surface area is 153 Å². The highest BCUT2D eigenvalue weighted by Crippen LogP contribution is 2.39. The van der Waals surface area contributed by atoms with Crippen LogP contribution in [0.4, 0.5) is 13.2 Å². The minimum atomic E-state index is -4.56. The average Bonchev–Trinajstić information content (AvgIpc) is 2.58. The second kappa shape index (κ2) is 7.45. The first kappa shape index (κ1) is 18.4. The van der Waals surface area contributed by atoms with Crippen molar-refractivity contribution in [1.29, 1.82) is 0 Å². The number of alkyl halides is 3. The quantitative estimate of drug-likeness (QED) is 0.729. The molecular weight excluding hydrogens is 369 g/mol. The maximum Gasteiger partial charge on any atom is 0.419 e. The molecule has 0 aliphatic carbocycles. The first-order valence-electron chi connectivity index (χ1n) is 7.93. The van der Waals surface area contributed by atoms with Gasteiger partial charge in [0.15, 0.2) is 0 Å². The molecule has 0 spiro atoms. The van der Waals surface area contributed by atoms with Crippen LogP contribution >= 0.6 is 11.6 Å². The highest BCUT2D eigenvalue weighted by atomic mass is 35.5. The van der Waals surface area contributed by atoms with Crippen molar-refractivity contribution in [3.05, 3.63) is 58.9 Å². The van der Waals surface area contributed by atoms with Crippen LogP contribution in [0.5, 0.6) is 17.4 Å². The molecule has 1 aromatic carbocycles. The average molecular weight is 385 g/mol. The monoisotopic (exact) mass is 384 g/mol. The summed E-state index contributed by atoms with van der Waals surface area (Å²) in [5, 5.41) is -0.655. The number of benzene rings is 1. The maximum absolute atomic E-state index is 12.7. The summed E-state index contributed by atoms with van der Waals surface area (Å²) in [6.45, 7) is 0.573. The van der Waals surface area contributed by atoms with Crippen LogP contribution in [-0.2, 0) is 6.18 Å². The van der Waals surface area contributed by atoms with Crippen LogP contribution in [0, 0.1) is 0 Å². The number of nitrogens with two attached hydrogens (primary N) is 1. The molecule has 0 amide bonds. The molecule has 0 saturated carbocycles. The lowest BCUT2D eigenvalue weighted by atomic mass is 9.90. The molecule has 2 N–H and O–H groups in total.